The summed E-state index contributed by atoms with van der Waals surface area (Å²) in [6.45, 7) is 8.71. The van der Waals surface area contributed by atoms with Crippen molar-refractivity contribution in [2.24, 2.45) is 5.92 Å². The van der Waals surface area contributed by atoms with E-state index in [4.69, 9.17) is 16.3 Å². The number of phenolic OH excluding ortho intramolecular Hbond substituents is 1. The lowest BCUT2D eigenvalue weighted by Crippen LogP contribution is -2.48. The average Bonchev–Trinajstić information content (AvgIpc) is 2.44. The van der Waals surface area contributed by atoms with Crippen molar-refractivity contribution in [1.82, 2.24) is 0 Å². The van der Waals surface area contributed by atoms with E-state index in [1.807, 2.05) is 6.07 Å². The van der Waals surface area contributed by atoms with Gasteiger partial charge in [-0.3, -0.25) is 0 Å². The molecule has 0 bridgehead atoms. The number of unbranched alkanes of at least 4 members (excludes halogenated alkanes) is 2. The van der Waals surface area contributed by atoms with Gasteiger partial charge in [-0.1, -0.05) is 19.8 Å². The monoisotopic (exact) mass is 350 g/mol. The van der Waals surface area contributed by atoms with Gasteiger partial charge in [0.25, 0.3) is 0 Å². The Balaban J connectivity index is 1.96. The Kier molecular flexibility index (Phi) is 4.81. The maximum Gasteiger partial charge on any atom is 0.127 e. The Morgan fingerprint density at radius 1 is 1.25 bits per heavy atom. The zero-order chi connectivity index (χ0) is 17.5. The largest absolute Gasteiger partial charge is 0.508 e. The first-order valence-corrected chi connectivity index (χ1v) is 9.85. The highest BCUT2D eigenvalue weighted by molar-refractivity contribution is 6.23. The fourth-order valence-electron chi connectivity index (χ4n) is 4.70. The van der Waals surface area contributed by atoms with E-state index in [0.717, 1.165) is 43.4 Å². The lowest BCUT2D eigenvalue weighted by molar-refractivity contribution is -0.0120. The molecule has 1 aromatic carbocycles. The van der Waals surface area contributed by atoms with Crippen LogP contribution in [0.5, 0.6) is 11.5 Å². The number of phenols is 1. The summed E-state index contributed by atoms with van der Waals surface area (Å²) in [5.41, 5.74) is 1.96. The first-order chi connectivity index (χ1) is 11.2. The number of ether oxygens (including phenoxy) is 1. The molecule has 0 amide bonds. The van der Waals surface area contributed by atoms with Crippen LogP contribution < -0.4 is 4.74 Å². The predicted molar refractivity (Wildman–Crippen MR) is 100 cm³/mol. The van der Waals surface area contributed by atoms with Crippen molar-refractivity contribution in [3.8, 4) is 11.5 Å². The minimum Gasteiger partial charge on any atom is -0.508 e. The van der Waals surface area contributed by atoms with E-state index in [2.05, 4.69) is 33.8 Å². The lowest BCUT2D eigenvalue weighted by atomic mass is 9.64. The Morgan fingerprint density at radius 2 is 2.00 bits per heavy atom. The van der Waals surface area contributed by atoms with Gasteiger partial charge in [-0.2, -0.15) is 0 Å². The van der Waals surface area contributed by atoms with Crippen molar-refractivity contribution >= 4 is 11.6 Å². The molecule has 0 spiro atoms. The molecular weight excluding hydrogens is 320 g/mol. The molecule has 3 rings (SSSR count). The van der Waals surface area contributed by atoms with Crippen LogP contribution >= 0.6 is 11.6 Å². The highest BCUT2D eigenvalue weighted by Crippen LogP contribution is 2.57. The summed E-state index contributed by atoms with van der Waals surface area (Å²) in [5, 5.41) is 10.7. The number of aryl methyl sites for hydroxylation is 1. The number of hydrogen-bond donors (Lipinski definition) is 1. The summed E-state index contributed by atoms with van der Waals surface area (Å²) in [6, 6.07) is 4.11. The first kappa shape index (κ1) is 17.9. The Morgan fingerprint density at radius 3 is 2.71 bits per heavy atom. The number of fused-ring (bicyclic) bond motifs is 3. The standard InChI is InChI=1S/C21H31ClO2/c1-5-6-7-8-14-11-17(23)19-15-13-21(4,22)10-9-16(15)20(2,3)24-18(19)12-14/h11-12,15-16,23H,5-10,13H2,1-4H3/t15-,16-,21+/m1/s1. The smallest absolute Gasteiger partial charge is 0.127 e. The molecule has 1 saturated carbocycles. The molecule has 2 nitrogen and oxygen atoms in total. The van der Waals surface area contributed by atoms with Crippen LogP contribution in [0.1, 0.15) is 83.3 Å². The summed E-state index contributed by atoms with van der Waals surface area (Å²) in [4.78, 5) is -0.182. The molecule has 134 valence electrons. The molecule has 0 saturated heterocycles. The molecule has 1 aliphatic heterocycles. The fourth-order valence-corrected chi connectivity index (χ4v) is 4.98. The molecule has 3 atom stereocenters. The van der Waals surface area contributed by atoms with E-state index in [-0.39, 0.29) is 16.4 Å². The number of hydrogen-bond acceptors (Lipinski definition) is 2. The molecule has 3 heteroatoms. The van der Waals surface area contributed by atoms with Crippen molar-refractivity contribution in [1.29, 1.82) is 0 Å². The molecule has 2 aliphatic rings. The summed E-state index contributed by atoms with van der Waals surface area (Å²) in [6.07, 6.45) is 7.55. The van der Waals surface area contributed by atoms with Crippen LogP contribution in [0.15, 0.2) is 12.1 Å². The van der Waals surface area contributed by atoms with E-state index in [0.29, 0.717) is 11.7 Å². The predicted octanol–water partition coefficient (Wildman–Crippen LogP) is 6.18. The van der Waals surface area contributed by atoms with Crippen molar-refractivity contribution in [2.75, 3.05) is 0 Å². The average molecular weight is 351 g/mol. The molecule has 1 N–H and O–H groups in total. The third kappa shape index (κ3) is 3.40. The van der Waals surface area contributed by atoms with Gasteiger partial charge in [-0.15, -0.1) is 11.6 Å². The zero-order valence-corrected chi connectivity index (χ0v) is 16.2. The van der Waals surface area contributed by atoms with Gasteiger partial charge in [0.15, 0.2) is 0 Å². The minimum absolute atomic E-state index is 0.182. The summed E-state index contributed by atoms with van der Waals surface area (Å²) in [5.74, 6) is 1.97. The zero-order valence-electron chi connectivity index (χ0n) is 15.5. The number of halogens is 1. The van der Waals surface area contributed by atoms with Crippen LogP contribution in [-0.4, -0.2) is 15.6 Å². The van der Waals surface area contributed by atoms with E-state index in [9.17, 15) is 5.11 Å². The molecule has 1 fully saturated rings. The second kappa shape index (κ2) is 6.44. The van der Waals surface area contributed by atoms with Gasteiger partial charge in [-0.05, 0) is 76.5 Å². The van der Waals surface area contributed by atoms with Crippen LogP contribution in [0.3, 0.4) is 0 Å². The Hall–Kier alpha value is -0.890. The molecule has 0 unspecified atom stereocenters. The summed E-state index contributed by atoms with van der Waals surface area (Å²) < 4.78 is 6.38. The van der Waals surface area contributed by atoms with Crippen molar-refractivity contribution in [2.45, 2.75) is 89.0 Å². The third-order valence-corrected chi connectivity index (χ3v) is 6.34. The highest BCUT2D eigenvalue weighted by Gasteiger charge is 2.49. The fraction of sp³-hybridized carbons (Fsp3) is 0.714. The Bertz CT molecular complexity index is 606. The molecular formula is C21H31ClO2. The second-order valence-corrected chi connectivity index (χ2v) is 9.47. The topological polar surface area (TPSA) is 29.5 Å². The molecule has 24 heavy (non-hydrogen) atoms. The quantitative estimate of drug-likeness (QED) is 0.519. The van der Waals surface area contributed by atoms with E-state index >= 15 is 0 Å². The van der Waals surface area contributed by atoms with Gasteiger partial charge in [0.2, 0.25) is 0 Å². The molecule has 1 heterocycles. The van der Waals surface area contributed by atoms with Crippen LogP contribution in [0.2, 0.25) is 0 Å². The van der Waals surface area contributed by atoms with Crippen LogP contribution in [0, 0.1) is 5.92 Å². The number of benzene rings is 1. The summed E-state index contributed by atoms with van der Waals surface area (Å²) >= 11 is 6.70. The van der Waals surface area contributed by atoms with Crippen LogP contribution in [-0.2, 0) is 6.42 Å². The second-order valence-electron chi connectivity index (χ2n) is 8.56. The molecule has 1 aromatic rings. The van der Waals surface area contributed by atoms with Gasteiger partial charge >= 0.3 is 0 Å². The van der Waals surface area contributed by atoms with Gasteiger partial charge < -0.3 is 9.84 Å². The van der Waals surface area contributed by atoms with E-state index < -0.39 is 0 Å². The van der Waals surface area contributed by atoms with Crippen LogP contribution in [0.4, 0.5) is 0 Å². The number of aromatic hydroxyl groups is 1. The van der Waals surface area contributed by atoms with Crippen molar-refractivity contribution < 1.29 is 9.84 Å². The maximum absolute atomic E-state index is 10.7. The molecule has 0 radical (unpaired) electrons. The van der Waals surface area contributed by atoms with Gasteiger partial charge in [0.05, 0.1) is 0 Å². The first-order valence-electron chi connectivity index (χ1n) is 9.47. The third-order valence-electron chi connectivity index (χ3n) is 5.99. The van der Waals surface area contributed by atoms with Gasteiger partial charge in [-0.25, -0.2) is 0 Å². The van der Waals surface area contributed by atoms with Crippen molar-refractivity contribution in [3.63, 3.8) is 0 Å². The van der Waals surface area contributed by atoms with E-state index in [1.165, 1.54) is 18.4 Å². The van der Waals surface area contributed by atoms with Crippen LogP contribution in [0.25, 0.3) is 0 Å². The van der Waals surface area contributed by atoms with Gasteiger partial charge in [0, 0.05) is 16.4 Å². The van der Waals surface area contributed by atoms with Gasteiger partial charge in [0.1, 0.15) is 17.1 Å². The van der Waals surface area contributed by atoms with E-state index in [1.54, 1.807) is 0 Å². The molecule has 0 aromatic heterocycles. The Labute approximate surface area is 151 Å². The molecule has 1 aliphatic carbocycles. The van der Waals surface area contributed by atoms with Crippen molar-refractivity contribution in [3.05, 3.63) is 23.3 Å². The number of alkyl halides is 1. The SMILES string of the molecule is CCCCCc1cc(O)c2c(c1)OC(C)(C)[C@@H]1CC[C@](C)(Cl)C[C@@H]21. The minimum atomic E-state index is -0.209. The summed E-state index contributed by atoms with van der Waals surface area (Å²) in [7, 11) is 0. The lowest BCUT2D eigenvalue weighted by Gasteiger charge is -2.50. The maximum atomic E-state index is 10.7. The normalized spacial score (nSPS) is 31.0. The number of rotatable bonds is 4. The highest BCUT2D eigenvalue weighted by atomic mass is 35.5.